The monoisotopic (exact) mass is 315 g/mol. The Kier molecular flexibility index (Phi) is 4.67. The molecule has 2 rings (SSSR count). The summed E-state index contributed by atoms with van der Waals surface area (Å²) in [4.78, 5) is 1.50. The summed E-state index contributed by atoms with van der Waals surface area (Å²) in [5, 5.41) is 3.84. The molecule has 2 heterocycles. The summed E-state index contributed by atoms with van der Waals surface area (Å²) in [5.41, 5.74) is 0.320. The Hall–Kier alpha value is 0.140. The van der Waals surface area contributed by atoms with Crippen LogP contribution in [-0.2, 0) is 6.42 Å². The fourth-order valence-electron chi connectivity index (χ4n) is 2.77. The van der Waals surface area contributed by atoms with Gasteiger partial charge in [-0.1, -0.05) is 26.7 Å². The number of nitrogens with one attached hydrogen (secondary N) is 1. The minimum absolute atomic E-state index is 0.320. The minimum atomic E-state index is 0.320. The first-order chi connectivity index (χ1) is 8.12. The van der Waals surface area contributed by atoms with Crippen molar-refractivity contribution in [1.82, 2.24) is 5.32 Å². The van der Waals surface area contributed by atoms with Gasteiger partial charge in [0.15, 0.2) is 0 Å². The van der Waals surface area contributed by atoms with Gasteiger partial charge in [-0.15, -0.1) is 11.3 Å². The highest BCUT2D eigenvalue weighted by Crippen LogP contribution is 2.33. The summed E-state index contributed by atoms with van der Waals surface area (Å²) in [6, 6.07) is 4.44. The number of hydrogen-bond donors (Lipinski definition) is 1. The topological polar surface area (TPSA) is 12.0 Å². The lowest BCUT2D eigenvalue weighted by atomic mass is 9.79. The molecule has 1 fully saturated rings. The van der Waals surface area contributed by atoms with Crippen molar-refractivity contribution in [2.75, 3.05) is 6.54 Å². The van der Waals surface area contributed by atoms with E-state index >= 15 is 0 Å². The van der Waals surface area contributed by atoms with Gasteiger partial charge in [-0.2, -0.15) is 0 Å². The molecule has 96 valence electrons. The molecule has 0 aromatic carbocycles. The van der Waals surface area contributed by atoms with E-state index in [9.17, 15) is 0 Å². The highest BCUT2D eigenvalue weighted by Gasteiger charge is 2.34. The molecule has 17 heavy (non-hydrogen) atoms. The van der Waals surface area contributed by atoms with Crippen LogP contribution in [0.5, 0.6) is 0 Å². The normalized spacial score (nSPS) is 26.1. The molecule has 0 bridgehead atoms. The molecule has 1 N–H and O–H groups in total. The van der Waals surface area contributed by atoms with Crippen LogP contribution in [0.3, 0.4) is 0 Å². The fourth-order valence-corrected chi connectivity index (χ4v) is 4.38. The molecule has 1 aromatic heterocycles. The zero-order valence-electron chi connectivity index (χ0n) is 10.8. The second-order valence-electron chi connectivity index (χ2n) is 5.43. The molecule has 0 saturated carbocycles. The van der Waals surface area contributed by atoms with Crippen molar-refractivity contribution in [1.29, 1.82) is 0 Å². The third-order valence-electron chi connectivity index (χ3n) is 4.00. The van der Waals surface area contributed by atoms with Crippen LogP contribution in [0, 0.1) is 5.92 Å². The van der Waals surface area contributed by atoms with Crippen molar-refractivity contribution in [2.45, 2.75) is 51.5 Å². The molecule has 1 aliphatic rings. The molecule has 1 nitrogen and oxygen atoms in total. The molecular weight excluding hydrogens is 294 g/mol. The average Bonchev–Trinajstić information content (AvgIpc) is 2.54. The SMILES string of the molecule is CC(C)C1(Cc2ccc(Br)s2)CCCCCN1. The first kappa shape index (κ1) is 13.6. The Morgan fingerprint density at radius 2 is 2.18 bits per heavy atom. The third kappa shape index (κ3) is 3.33. The maximum Gasteiger partial charge on any atom is 0.0701 e. The van der Waals surface area contributed by atoms with Crippen LogP contribution in [0.4, 0.5) is 0 Å². The van der Waals surface area contributed by atoms with Crippen LogP contribution in [-0.4, -0.2) is 12.1 Å². The highest BCUT2D eigenvalue weighted by molar-refractivity contribution is 9.11. The second-order valence-corrected chi connectivity index (χ2v) is 7.98. The number of hydrogen-bond acceptors (Lipinski definition) is 2. The van der Waals surface area contributed by atoms with Gasteiger partial charge in [0, 0.05) is 16.8 Å². The van der Waals surface area contributed by atoms with Crippen LogP contribution in [0.15, 0.2) is 15.9 Å². The van der Waals surface area contributed by atoms with E-state index in [1.807, 2.05) is 11.3 Å². The van der Waals surface area contributed by atoms with Crippen molar-refractivity contribution in [3.63, 3.8) is 0 Å². The Morgan fingerprint density at radius 3 is 2.82 bits per heavy atom. The van der Waals surface area contributed by atoms with Crippen molar-refractivity contribution in [3.8, 4) is 0 Å². The average molecular weight is 316 g/mol. The van der Waals surface area contributed by atoms with E-state index in [2.05, 4.69) is 47.2 Å². The molecule has 1 unspecified atom stereocenters. The quantitative estimate of drug-likeness (QED) is 0.858. The maximum absolute atomic E-state index is 3.84. The number of thiophene rings is 1. The Bertz CT molecular complexity index is 351. The van der Waals surface area contributed by atoms with E-state index in [4.69, 9.17) is 0 Å². The summed E-state index contributed by atoms with van der Waals surface area (Å²) in [6.07, 6.45) is 6.59. The second kappa shape index (κ2) is 5.85. The van der Waals surface area contributed by atoms with Gasteiger partial charge in [-0.05, 0) is 53.4 Å². The predicted molar refractivity (Wildman–Crippen MR) is 79.8 cm³/mol. The van der Waals surface area contributed by atoms with Crippen molar-refractivity contribution in [3.05, 3.63) is 20.8 Å². The van der Waals surface area contributed by atoms with Gasteiger partial charge in [0.05, 0.1) is 3.79 Å². The largest absolute Gasteiger partial charge is 0.311 e. The van der Waals surface area contributed by atoms with Gasteiger partial charge >= 0.3 is 0 Å². The summed E-state index contributed by atoms with van der Waals surface area (Å²) < 4.78 is 1.25. The lowest BCUT2D eigenvalue weighted by Crippen LogP contribution is -2.50. The molecule has 3 heteroatoms. The Morgan fingerprint density at radius 1 is 1.35 bits per heavy atom. The van der Waals surface area contributed by atoms with E-state index < -0.39 is 0 Å². The summed E-state index contributed by atoms with van der Waals surface area (Å²) in [5.74, 6) is 0.696. The lowest BCUT2D eigenvalue weighted by Gasteiger charge is -2.38. The Balaban J connectivity index is 2.15. The fraction of sp³-hybridized carbons (Fsp3) is 0.714. The highest BCUT2D eigenvalue weighted by atomic mass is 79.9. The van der Waals surface area contributed by atoms with Gasteiger partial charge in [-0.3, -0.25) is 0 Å². The maximum atomic E-state index is 3.84. The van der Waals surface area contributed by atoms with Gasteiger partial charge in [0.25, 0.3) is 0 Å². The van der Waals surface area contributed by atoms with E-state index in [0.29, 0.717) is 11.5 Å². The van der Waals surface area contributed by atoms with Crippen LogP contribution in [0.2, 0.25) is 0 Å². The smallest absolute Gasteiger partial charge is 0.0701 e. The predicted octanol–water partition coefficient (Wildman–Crippen LogP) is 4.61. The number of halogens is 1. The van der Waals surface area contributed by atoms with Crippen molar-refractivity contribution >= 4 is 27.3 Å². The molecule has 0 radical (unpaired) electrons. The summed E-state index contributed by atoms with van der Waals surface area (Å²) in [6.45, 7) is 5.91. The van der Waals surface area contributed by atoms with Gasteiger partial charge in [-0.25, -0.2) is 0 Å². The first-order valence-corrected chi connectivity index (χ1v) is 8.22. The summed E-state index contributed by atoms with van der Waals surface area (Å²) >= 11 is 5.45. The zero-order valence-corrected chi connectivity index (χ0v) is 13.2. The van der Waals surface area contributed by atoms with E-state index in [1.165, 1.54) is 47.3 Å². The molecule has 0 spiro atoms. The lowest BCUT2D eigenvalue weighted by molar-refractivity contribution is 0.227. The van der Waals surface area contributed by atoms with Gasteiger partial charge in [0.1, 0.15) is 0 Å². The molecule has 1 atom stereocenters. The zero-order chi connectivity index (χ0) is 12.3. The van der Waals surface area contributed by atoms with Crippen molar-refractivity contribution < 1.29 is 0 Å². The summed E-state index contributed by atoms with van der Waals surface area (Å²) in [7, 11) is 0. The van der Waals surface area contributed by atoms with E-state index in [0.717, 1.165) is 0 Å². The molecule has 0 amide bonds. The standard InChI is InChI=1S/C14H22BrNS/c1-11(2)14(8-4-3-5-9-16-14)10-12-6-7-13(15)17-12/h6-7,11,16H,3-5,8-10H2,1-2H3. The molecule has 1 aliphatic heterocycles. The Labute approximate surface area is 117 Å². The van der Waals surface area contributed by atoms with Crippen LogP contribution in [0.1, 0.15) is 44.4 Å². The molecule has 0 aliphatic carbocycles. The minimum Gasteiger partial charge on any atom is -0.311 e. The molecule has 1 aromatic rings. The molecular formula is C14H22BrNS. The van der Waals surface area contributed by atoms with E-state index in [-0.39, 0.29) is 0 Å². The van der Waals surface area contributed by atoms with Crippen LogP contribution in [0.25, 0.3) is 0 Å². The third-order valence-corrected chi connectivity index (χ3v) is 5.62. The van der Waals surface area contributed by atoms with Crippen molar-refractivity contribution in [2.24, 2.45) is 5.92 Å². The van der Waals surface area contributed by atoms with Crippen LogP contribution >= 0.6 is 27.3 Å². The van der Waals surface area contributed by atoms with Crippen LogP contribution < -0.4 is 5.32 Å². The first-order valence-electron chi connectivity index (χ1n) is 6.62. The van der Waals surface area contributed by atoms with E-state index in [1.54, 1.807) is 0 Å². The van der Waals surface area contributed by atoms with Gasteiger partial charge < -0.3 is 5.32 Å². The number of rotatable bonds is 3. The van der Waals surface area contributed by atoms with Gasteiger partial charge in [0.2, 0.25) is 0 Å². The molecule has 1 saturated heterocycles.